The lowest BCUT2D eigenvalue weighted by Gasteiger charge is -2.12. The Hall–Kier alpha value is -2.55. The molecule has 0 bridgehead atoms. The molecule has 2 aromatic carbocycles. The minimum Gasteiger partial charge on any atom is -0.455 e. The van der Waals surface area contributed by atoms with Crippen molar-refractivity contribution in [2.24, 2.45) is 5.10 Å². The summed E-state index contributed by atoms with van der Waals surface area (Å²) in [5, 5.41) is 7.84. The topological polar surface area (TPSA) is 28.7 Å². The molecule has 0 atom stereocenters. The van der Waals surface area contributed by atoms with Crippen molar-refractivity contribution in [3.05, 3.63) is 66.4 Å². The van der Waals surface area contributed by atoms with Crippen LogP contribution in [-0.2, 0) is 0 Å². The van der Waals surface area contributed by atoms with Gasteiger partial charge in [-0.3, -0.25) is 5.01 Å². The first kappa shape index (κ1) is 11.3. The van der Waals surface area contributed by atoms with Gasteiger partial charge < -0.3 is 4.42 Å². The minimum atomic E-state index is 0.879. The maximum Gasteiger partial charge on any atom is 0.151 e. The molecule has 0 N–H and O–H groups in total. The standard InChI is InChI=1S/C17H14N2O/c1-2-7-14(8-3-1)19-11-10-15(18-19)17-12-13-6-4-5-9-16(13)20-17/h1-9,12H,10-11H2. The average molecular weight is 262 g/mol. The van der Waals surface area contributed by atoms with E-state index in [1.807, 2.05) is 41.4 Å². The number of fused-ring (bicyclic) bond motifs is 1. The van der Waals surface area contributed by atoms with E-state index in [0.29, 0.717) is 0 Å². The van der Waals surface area contributed by atoms with Crippen molar-refractivity contribution in [2.45, 2.75) is 6.42 Å². The fraction of sp³-hybridized carbons (Fsp3) is 0.118. The molecule has 4 rings (SSSR count). The Morgan fingerprint density at radius 2 is 1.75 bits per heavy atom. The smallest absolute Gasteiger partial charge is 0.151 e. The first-order chi connectivity index (χ1) is 9.90. The zero-order chi connectivity index (χ0) is 13.4. The van der Waals surface area contributed by atoms with Crippen LogP contribution in [0.5, 0.6) is 0 Å². The van der Waals surface area contributed by atoms with E-state index >= 15 is 0 Å². The third kappa shape index (κ3) is 1.88. The Kier molecular flexibility index (Phi) is 2.56. The van der Waals surface area contributed by atoms with E-state index < -0.39 is 0 Å². The highest BCUT2D eigenvalue weighted by molar-refractivity contribution is 6.03. The normalized spacial score (nSPS) is 14.8. The predicted octanol–water partition coefficient (Wildman–Crippen LogP) is 4.05. The number of hydrogen-bond donors (Lipinski definition) is 0. The molecule has 0 amide bonds. The summed E-state index contributed by atoms with van der Waals surface area (Å²) < 4.78 is 5.88. The van der Waals surface area contributed by atoms with E-state index in [4.69, 9.17) is 4.42 Å². The van der Waals surface area contributed by atoms with Crippen LogP contribution in [0.1, 0.15) is 12.2 Å². The van der Waals surface area contributed by atoms with E-state index in [2.05, 4.69) is 29.4 Å². The van der Waals surface area contributed by atoms with Gasteiger partial charge in [0.25, 0.3) is 0 Å². The summed E-state index contributed by atoms with van der Waals surface area (Å²) in [6, 6.07) is 20.4. The zero-order valence-corrected chi connectivity index (χ0v) is 11.0. The van der Waals surface area contributed by atoms with Crippen molar-refractivity contribution in [3.8, 4) is 0 Å². The highest BCUT2D eigenvalue weighted by Gasteiger charge is 2.19. The maximum absolute atomic E-state index is 5.88. The van der Waals surface area contributed by atoms with Crippen molar-refractivity contribution in [1.82, 2.24) is 0 Å². The molecule has 0 unspecified atom stereocenters. The summed E-state index contributed by atoms with van der Waals surface area (Å²) >= 11 is 0. The summed E-state index contributed by atoms with van der Waals surface area (Å²) in [6.07, 6.45) is 0.911. The number of para-hydroxylation sites is 2. The minimum absolute atomic E-state index is 0.879. The number of furan rings is 1. The van der Waals surface area contributed by atoms with Crippen LogP contribution in [0.15, 0.2) is 70.2 Å². The lowest BCUT2D eigenvalue weighted by atomic mass is 10.2. The second-order valence-electron chi connectivity index (χ2n) is 4.90. The van der Waals surface area contributed by atoms with Crippen LogP contribution in [0.25, 0.3) is 11.0 Å². The Morgan fingerprint density at radius 1 is 0.950 bits per heavy atom. The van der Waals surface area contributed by atoms with Crippen molar-refractivity contribution < 1.29 is 4.42 Å². The van der Waals surface area contributed by atoms with Crippen LogP contribution >= 0.6 is 0 Å². The van der Waals surface area contributed by atoms with Crippen LogP contribution in [0.4, 0.5) is 5.69 Å². The summed E-state index contributed by atoms with van der Waals surface area (Å²) in [4.78, 5) is 0. The molecule has 1 aromatic heterocycles. The molecule has 0 saturated carbocycles. The van der Waals surface area contributed by atoms with Gasteiger partial charge in [0.05, 0.1) is 5.69 Å². The largest absolute Gasteiger partial charge is 0.455 e. The van der Waals surface area contributed by atoms with Gasteiger partial charge in [-0.2, -0.15) is 5.10 Å². The second kappa shape index (κ2) is 4.53. The Bertz CT molecular complexity index is 741. The first-order valence-electron chi connectivity index (χ1n) is 6.79. The molecule has 3 heteroatoms. The van der Waals surface area contributed by atoms with Gasteiger partial charge in [0, 0.05) is 18.4 Å². The van der Waals surface area contributed by atoms with Gasteiger partial charge in [-0.1, -0.05) is 36.4 Å². The highest BCUT2D eigenvalue weighted by Crippen LogP contribution is 2.25. The van der Waals surface area contributed by atoms with Gasteiger partial charge >= 0.3 is 0 Å². The zero-order valence-electron chi connectivity index (χ0n) is 11.0. The van der Waals surface area contributed by atoms with Gasteiger partial charge in [-0.25, -0.2) is 0 Å². The van der Waals surface area contributed by atoms with Crippen molar-refractivity contribution in [3.63, 3.8) is 0 Å². The molecule has 0 fully saturated rings. The molecular weight excluding hydrogens is 248 g/mol. The van der Waals surface area contributed by atoms with Gasteiger partial charge in [-0.15, -0.1) is 0 Å². The molecule has 0 aliphatic carbocycles. The summed E-state index contributed by atoms with van der Waals surface area (Å²) in [6.45, 7) is 0.899. The quantitative estimate of drug-likeness (QED) is 0.697. The number of rotatable bonds is 2. The predicted molar refractivity (Wildman–Crippen MR) is 81.2 cm³/mol. The van der Waals surface area contributed by atoms with Gasteiger partial charge in [0.15, 0.2) is 5.76 Å². The molecule has 98 valence electrons. The molecule has 3 aromatic rings. The number of anilines is 1. The first-order valence-corrected chi connectivity index (χ1v) is 6.79. The number of hydrogen-bond acceptors (Lipinski definition) is 3. The number of hydrazone groups is 1. The van der Waals surface area contributed by atoms with E-state index in [1.165, 1.54) is 0 Å². The Labute approximate surface area is 117 Å². The van der Waals surface area contributed by atoms with Crippen molar-refractivity contribution >= 4 is 22.4 Å². The monoisotopic (exact) mass is 262 g/mol. The lowest BCUT2D eigenvalue weighted by Crippen LogP contribution is -2.11. The molecule has 1 aliphatic rings. The molecule has 0 spiro atoms. The van der Waals surface area contributed by atoms with Crippen LogP contribution < -0.4 is 5.01 Å². The number of nitrogens with zero attached hydrogens (tertiary/aromatic N) is 2. The van der Waals surface area contributed by atoms with Gasteiger partial charge in [-0.05, 0) is 24.3 Å². The van der Waals surface area contributed by atoms with E-state index in [1.54, 1.807) is 0 Å². The average Bonchev–Trinajstić information content (AvgIpc) is 3.14. The van der Waals surface area contributed by atoms with Crippen LogP contribution in [0.2, 0.25) is 0 Å². The van der Waals surface area contributed by atoms with Crippen molar-refractivity contribution in [1.29, 1.82) is 0 Å². The summed E-state index contributed by atoms with van der Waals surface area (Å²) in [5.41, 5.74) is 3.06. The fourth-order valence-corrected chi connectivity index (χ4v) is 2.54. The summed E-state index contributed by atoms with van der Waals surface area (Å²) in [7, 11) is 0. The third-order valence-electron chi connectivity index (χ3n) is 3.57. The maximum atomic E-state index is 5.88. The van der Waals surface area contributed by atoms with Crippen LogP contribution in [0.3, 0.4) is 0 Å². The summed E-state index contributed by atoms with van der Waals surface area (Å²) in [5.74, 6) is 0.879. The molecule has 20 heavy (non-hydrogen) atoms. The lowest BCUT2D eigenvalue weighted by molar-refractivity contribution is 0.603. The number of benzene rings is 2. The van der Waals surface area contributed by atoms with Crippen LogP contribution in [-0.4, -0.2) is 12.3 Å². The van der Waals surface area contributed by atoms with E-state index in [0.717, 1.165) is 41.1 Å². The SMILES string of the molecule is c1ccc(N2CCC(c3cc4ccccc4o3)=N2)cc1. The molecule has 0 radical (unpaired) electrons. The molecular formula is C17H14N2O. The second-order valence-corrected chi connectivity index (χ2v) is 4.90. The Morgan fingerprint density at radius 3 is 2.60 bits per heavy atom. The van der Waals surface area contributed by atoms with Gasteiger partial charge in [0.1, 0.15) is 11.3 Å². The van der Waals surface area contributed by atoms with E-state index in [9.17, 15) is 0 Å². The Balaban J connectivity index is 1.69. The van der Waals surface area contributed by atoms with E-state index in [-0.39, 0.29) is 0 Å². The molecule has 2 heterocycles. The molecule has 3 nitrogen and oxygen atoms in total. The molecule has 0 saturated heterocycles. The van der Waals surface area contributed by atoms with Crippen LogP contribution in [0, 0.1) is 0 Å². The fourth-order valence-electron chi connectivity index (χ4n) is 2.54. The highest BCUT2D eigenvalue weighted by atomic mass is 16.3. The third-order valence-corrected chi connectivity index (χ3v) is 3.57. The van der Waals surface area contributed by atoms with Crippen molar-refractivity contribution in [2.75, 3.05) is 11.6 Å². The van der Waals surface area contributed by atoms with Gasteiger partial charge in [0.2, 0.25) is 0 Å². The molecule has 1 aliphatic heterocycles.